The summed E-state index contributed by atoms with van der Waals surface area (Å²) in [6, 6.07) is -0.341. The molecule has 0 aromatic carbocycles. The van der Waals surface area contributed by atoms with E-state index in [-0.39, 0.29) is 29.2 Å². The Labute approximate surface area is 171 Å². The number of likely N-dealkylation sites (tertiary alicyclic amines) is 1. The first kappa shape index (κ1) is 24.9. The molecule has 0 N–H and O–H groups in total. The highest BCUT2D eigenvalue weighted by Crippen LogP contribution is 2.39. The minimum Gasteiger partial charge on any atom is -0.468 e. The van der Waals surface area contributed by atoms with Gasteiger partial charge in [-0.2, -0.15) is 0 Å². The molecule has 0 radical (unpaired) electrons. The van der Waals surface area contributed by atoms with Gasteiger partial charge in [-0.1, -0.05) is 20.8 Å². The molecular weight excluding hydrogens is 376 g/mol. The minimum absolute atomic E-state index is 0.00294. The molecule has 0 saturated carbocycles. The van der Waals surface area contributed by atoms with Crippen molar-refractivity contribution in [3.8, 4) is 0 Å². The van der Waals surface area contributed by atoms with Crippen LogP contribution < -0.4 is 0 Å². The van der Waals surface area contributed by atoms with Gasteiger partial charge in [0.05, 0.1) is 13.2 Å². The van der Waals surface area contributed by atoms with Gasteiger partial charge in [0.2, 0.25) is 0 Å². The molecule has 0 bridgehead atoms. The van der Waals surface area contributed by atoms with Crippen molar-refractivity contribution < 1.29 is 23.5 Å². The van der Waals surface area contributed by atoms with Crippen LogP contribution in [0.2, 0.25) is 18.1 Å². The van der Waals surface area contributed by atoms with Gasteiger partial charge in [0.15, 0.2) is 8.32 Å². The zero-order chi connectivity index (χ0) is 21.9. The van der Waals surface area contributed by atoms with Crippen molar-refractivity contribution in [1.29, 1.82) is 0 Å². The van der Waals surface area contributed by atoms with E-state index >= 15 is 0 Å². The molecule has 2 atom stereocenters. The summed E-state index contributed by atoms with van der Waals surface area (Å²) in [4.78, 5) is 28.1. The van der Waals surface area contributed by atoms with Crippen molar-refractivity contribution in [3.63, 3.8) is 0 Å². The first-order chi connectivity index (χ1) is 12.6. The third-order valence-corrected chi connectivity index (χ3v) is 10.1. The van der Waals surface area contributed by atoms with Crippen LogP contribution >= 0.6 is 0 Å². The maximum Gasteiger partial charge on any atom is 0.410 e. The molecule has 7 nitrogen and oxygen atoms in total. The molecule has 1 saturated heterocycles. The van der Waals surface area contributed by atoms with E-state index < -0.39 is 13.9 Å². The number of carbonyl (C=O) groups is 2. The normalized spacial score (nSPS) is 21.5. The Kier molecular flexibility index (Phi) is 8.13. The number of hydrogen-bond acceptors (Lipinski definition) is 6. The Morgan fingerprint density at radius 1 is 1.14 bits per heavy atom. The number of hydrogen-bond donors (Lipinski definition) is 0. The summed E-state index contributed by atoms with van der Waals surface area (Å²) in [5.74, 6) is -0.249. The van der Waals surface area contributed by atoms with E-state index in [1.54, 1.807) is 11.9 Å². The molecule has 164 valence electrons. The number of carbonyl (C=O) groups excluding carboxylic acids is 2. The zero-order valence-corrected chi connectivity index (χ0v) is 20.4. The van der Waals surface area contributed by atoms with Crippen LogP contribution in [0.1, 0.15) is 48.0 Å². The van der Waals surface area contributed by atoms with Crippen molar-refractivity contribution in [2.45, 2.75) is 83.8 Å². The van der Waals surface area contributed by atoms with E-state index in [0.717, 1.165) is 0 Å². The third-order valence-electron chi connectivity index (χ3n) is 5.53. The van der Waals surface area contributed by atoms with Crippen LogP contribution in [0, 0.1) is 0 Å². The molecule has 1 heterocycles. The van der Waals surface area contributed by atoms with Crippen LogP contribution in [-0.2, 0) is 18.7 Å². The van der Waals surface area contributed by atoms with Gasteiger partial charge in [-0.3, -0.25) is 9.69 Å². The lowest BCUT2D eigenvalue weighted by Crippen LogP contribution is -2.45. The highest BCUT2D eigenvalue weighted by molar-refractivity contribution is 6.74. The first-order valence-electron chi connectivity index (χ1n) is 10.0. The molecule has 1 fully saturated rings. The molecule has 1 aliphatic rings. The van der Waals surface area contributed by atoms with E-state index in [0.29, 0.717) is 26.1 Å². The van der Waals surface area contributed by atoms with Crippen molar-refractivity contribution >= 4 is 20.4 Å². The minimum atomic E-state index is -1.93. The highest BCUT2D eigenvalue weighted by Gasteiger charge is 2.44. The number of esters is 1. The summed E-state index contributed by atoms with van der Waals surface area (Å²) in [5.41, 5.74) is -0.532. The second-order valence-corrected chi connectivity index (χ2v) is 14.9. The molecule has 1 rings (SSSR count). The van der Waals surface area contributed by atoms with Crippen molar-refractivity contribution in [3.05, 3.63) is 0 Å². The van der Waals surface area contributed by atoms with Crippen LogP contribution in [-0.4, -0.2) is 81.7 Å². The molecule has 0 aromatic heterocycles. The Morgan fingerprint density at radius 3 is 2.18 bits per heavy atom. The maximum absolute atomic E-state index is 12.3. The predicted octanol–water partition coefficient (Wildman–Crippen LogP) is 3.49. The number of rotatable bonds is 6. The third kappa shape index (κ3) is 7.04. The lowest BCUT2D eigenvalue weighted by molar-refractivity contribution is -0.145. The quantitative estimate of drug-likeness (QED) is 0.488. The van der Waals surface area contributed by atoms with E-state index in [1.165, 1.54) is 7.11 Å². The number of likely N-dealkylation sites (N-methyl/N-ethyl adjacent to an activating group) is 1. The van der Waals surface area contributed by atoms with E-state index in [1.807, 2.05) is 20.8 Å². The van der Waals surface area contributed by atoms with Crippen LogP contribution in [0.3, 0.4) is 0 Å². The molecule has 0 aliphatic carbocycles. The number of nitrogens with zero attached hydrogens (tertiary/aromatic N) is 2. The average Bonchev–Trinajstić information content (AvgIpc) is 2.91. The number of ether oxygens (including phenoxy) is 2. The first-order valence-corrected chi connectivity index (χ1v) is 12.9. The topological polar surface area (TPSA) is 68.3 Å². The Balaban J connectivity index is 2.75. The summed E-state index contributed by atoms with van der Waals surface area (Å²) >= 11 is 0. The largest absolute Gasteiger partial charge is 0.468 e. The second-order valence-electron chi connectivity index (χ2n) is 10.2. The Hall–Kier alpha value is -1.12. The van der Waals surface area contributed by atoms with Gasteiger partial charge in [-0.15, -0.1) is 0 Å². The van der Waals surface area contributed by atoms with Gasteiger partial charge in [-0.25, -0.2) is 4.79 Å². The van der Waals surface area contributed by atoms with Gasteiger partial charge in [-0.05, 0) is 45.3 Å². The van der Waals surface area contributed by atoms with Crippen LogP contribution in [0.15, 0.2) is 0 Å². The molecule has 0 spiro atoms. The van der Waals surface area contributed by atoms with E-state index in [4.69, 9.17) is 13.9 Å². The van der Waals surface area contributed by atoms with Gasteiger partial charge >= 0.3 is 12.1 Å². The molecule has 28 heavy (non-hydrogen) atoms. The smallest absolute Gasteiger partial charge is 0.410 e. The lowest BCUT2D eigenvalue weighted by atomic mass is 10.2. The maximum atomic E-state index is 12.3. The molecular formula is C20H40N2O5Si. The van der Waals surface area contributed by atoms with Gasteiger partial charge < -0.3 is 18.8 Å². The molecule has 1 amide bonds. The summed E-state index contributed by atoms with van der Waals surface area (Å²) in [6.07, 6.45) is 0.252. The Bertz CT molecular complexity index is 554. The molecule has 0 unspecified atom stereocenters. The average molecular weight is 417 g/mol. The molecule has 1 aliphatic heterocycles. The van der Waals surface area contributed by atoms with Crippen molar-refractivity contribution in [2.24, 2.45) is 0 Å². The van der Waals surface area contributed by atoms with Crippen LogP contribution in [0.4, 0.5) is 4.79 Å². The SMILES string of the molecule is COC(=O)[C@H]1C[C@@H](O[Si](C)(C)C(C)(C)C)CN1CCN(C)C(=O)OC(C)(C)C. The summed E-state index contributed by atoms with van der Waals surface area (Å²) in [5, 5.41) is 0.109. The zero-order valence-electron chi connectivity index (χ0n) is 19.4. The standard InChI is InChI=1S/C20H40N2O5Si/c1-19(2,3)26-18(24)21(7)11-12-22-14-15(13-16(22)17(23)25-8)27-28(9,10)20(4,5)6/h15-16H,11-14H2,1-10H3/t15-,16-/m1/s1. The van der Waals surface area contributed by atoms with Crippen molar-refractivity contribution in [1.82, 2.24) is 9.80 Å². The summed E-state index contributed by atoms with van der Waals surface area (Å²) in [6.45, 7) is 18.3. The lowest BCUT2D eigenvalue weighted by Gasteiger charge is -2.38. The fraction of sp³-hybridized carbons (Fsp3) is 0.900. The van der Waals surface area contributed by atoms with Gasteiger partial charge in [0.1, 0.15) is 11.6 Å². The second kappa shape index (κ2) is 9.13. The van der Waals surface area contributed by atoms with Gasteiger partial charge in [0.25, 0.3) is 0 Å². The highest BCUT2D eigenvalue weighted by atomic mass is 28.4. The van der Waals surface area contributed by atoms with E-state index in [2.05, 4.69) is 38.8 Å². The fourth-order valence-corrected chi connectivity index (χ4v) is 4.24. The fourth-order valence-electron chi connectivity index (χ4n) is 2.88. The van der Waals surface area contributed by atoms with Crippen molar-refractivity contribution in [2.75, 3.05) is 33.8 Å². The predicted molar refractivity (Wildman–Crippen MR) is 113 cm³/mol. The molecule has 0 aromatic rings. The monoisotopic (exact) mass is 416 g/mol. The molecule has 8 heteroatoms. The van der Waals surface area contributed by atoms with Crippen LogP contribution in [0.5, 0.6) is 0 Å². The number of methoxy groups -OCH3 is 1. The number of amides is 1. The summed E-state index contributed by atoms with van der Waals surface area (Å²) in [7, 11) is 1.19. The van der Waals surface area contributed by atoms with E-state index in [9.17, 15) is 9.59 Å². The van der Waals surface area contributed by atoms with Crippen LogP contribution in [0.25, 0.3) is 0 Å². The summed E-state index contributed by atoms with van der Waals surface area (Å²) < 4.78 is 16.9. The Morgan fingerprint density at radius 2 is 1.71 bits per heavy atom. The van der Waals surface area contributed by atoms with Gasteiger partial charge in [0, 0.05) is 26.7 Å².